The number of halogens is 1. The maximum atomic E-state index is 12.7. The van der Waals surface area contributed by atoms with E-state index in [1.165, 1.54) is 17.0 Å². The van der Waals surface area contributed by atoms with Gasteiger partial charge in [-0.2, -0.15) is 0 Å². The van der Waals surface area contributed by atoms with E-state index in [1.54, 1.807) is 24.3 Å². The highest BCUT2D eigenvalue weighted by Crippen LogP contribution is 2.22. The van der Waals surface area contributed by atoms with Crippen molar-refractivity contribution in [3.05, 3.63) is 74.7 Å². The molecule has 1 aliphatic rings. The fourth-order valence-corrected chi connectivity index (χ4v) is 4.33. The first-order chi connectivity index (χ1) is 15.1. The summed E-state index contributed by atoms with van der Waals surface area (Å²) >= 11 is 7.24. The molecule has 6 nitrogen and oxygen atoms in total. The maximum Gasteiger partial charge on any atom is 0.263 e. The summed E-state index contributed by atoms with van der Waals surface area (Å²) < 4.78 is 11.1. The Morgan fingerprint density at radius 1 is 1.16 bits per heavy atom. The first kappa shape index (κ1) is 21.6. The molecule has 1 fully saturated rings. The number of amides is 1. The van der Waals surface area contributed by atoms with Gasteiger partial charge in [-0.1, -0.05) is 23.7 Å². The lowest BCUT2D eigenvalue weighted by atomic mass is 10.2. The Bertz CT molecular complexity index is 1020. The smallest absolute Gasteiger partial charge is 0.263 e. The number of hydrogen-bond acceptors (Lipinski definition) is 6. The van der Waals surface area contributed by atoms with Crippen molar-refractivity contribution < 1.29 is 14.3 Å². The topological polar surface area (TPSA) is 63.7 Å². The molecule has 1 amide bonds. The molecule has 1 N–H and O–H groups in total. The van der Waals surface area contributed by atoms with Crippen molar-refractivity contribution in [2.45, 2.75) is 20.1 Å². The van der Waals surface area contributed by atoms with Gasteiger partial charge < -0.3 is 19.7 Å². The molecule has 31 heavy (non-hydrogen) atoms. The lowest BCUT2D eigenvalue weighted by molar-refractivity contribution is 0.0954. The molecule has 0 spiro atoms. The number of nitrogens with zero attached hydrogens (tertiary/aromatic N) is 2. The molecule has 2 aromatic carbocycles. The number of ether oxygens (including phenoxy) is 2. The molecule has 0 unspecified atom stereocenters. The van der Waals surface area contributed by atoms with Gasteiger partial charge in [0.05, 0.1) is 18.9 Å². The van der Waals surface area contributed by atoms with Crippen LogP contribution < -0.4 is 15.0 Å². The van der Waals surface area contributed by atoms with Gasteiger partial charge in [-0.3, -0.25) is 4.79 Å². The predicted octanol–water partition coefficient (Wildman–Crippen LogP) is 4.45. The number of morpholine rings is 1. The summed E-state index contributed by atoms with van der Waals surface area (Å²) in [5.74, 6) is 0.591. The van der Waals surface area contributed by atoms with Gasteiger partial charge in [0, 0.05) is 30.3 Å². The van der Waals surface area contributed by atoms with E-state index in [9.17, 15) is 4.79 Å². The molecular weight excluding hydrogens is 434 g/mol. The van der Waals surface area contributed by atoms with Gasteiger partial charge in [-0.25, -0.2) is 4.98 Å². The van der Waals surface area contributed by atoms with Crippen LogP contribution in [0.15, 0.2) is 48.5 Å². The van der Waals surface area contributed by atoms with E-state index in [4.69, 9.17) is 21.1 Å². The predicted molar refractivity (Wildman–Crippen MR) is 123 cm³/mol. The Balaban J connectivity index is 1.30. The van der Waals surface area contributed by atoms with Crippen LogP contribution >= 0.6 is 22.9 Å². The zero-order valence-electron chi connectivity index (χ0n) is 17.3. The standard InChI is InChI=1S/C23H24ClN3O3S/c1-16-22(31-21(26-16)15-30-20-8-4-18(24)5-9-20)23(28)25-14-17-2-6-19(7-3-17)27-10-12-29-13-11-27/h2-9H,10-15H2,1H3,(H,25,28). The Labute approximate surface area is 190 Å². The van der Waals surface area contributed by atoms with Gasteiger partial charge in [0.2, 0.25) is 0 Å². The molecule has 1 saturated heterocycles. The number of thiazole rings is 1. The second kappa shape index (κ2) is 10.1. The van der Waals surface area contributed by atoms with Crippen LogP contribution in [0.1, 0.15) is 25.9 Å². The van der Waals surface area contributed by atoms with E-state index < -0.39 is 0 Å². The van der Waals surface area contributed by atoms with Gasteiger partial charge in [0.25, 0.3) is 5.91 Å². The molecule has 0 radical (unpaired) electrons. The molecule has 4 rings (SSSR count). The third-order valence-corrected chi connectivity index (χ3v) is 6.37. The van der Waals surface area contributed by atoms with Crippen LogP contribution in [-0.4, -0.2) is 37.2 Å². The van der Waals surface area contributed by atoms with Crippen LogP contribution in [0.4, 0.5) is 5.69 Å². The number of hydrogen-bond donors (Lipinski definition) is 1. The largest absolute Gasteiger partial charge is 0.486 e. The molecular formula is C23H24ClN3O3S. The van der Waals surface area contributed by atoms with E-state index in [2.05, 4.69) is 39.5 Å². The molecule has 8 heteroatoms. The normalized spacial score (nSPS) is 13.8. The van der Waals surface area contributed by atoms with Gasteiger partial charge in [-0.05, 0) is 48.9 Å². The molecule has 3 aromatic rings. The minimum Gasteiger partial charge on any atom is -0.486 e. The zero-order valence-corrected chi connectivity index (χ0v) is 18.8. The lowest BCUT2D eigenvalue weighted by Crippen LogP contribution is -2.36. The second-order valence-corrected chi connectivity index (χ2v) is 8.73. The molecule has 162 valence electrons. The van der Waals surface area contributed by atoms with Crippen LogP contribution in [0.2, 0.25) is 5.02 Å². The first-order valence-electron chi connectivity index (χ1n) is 10.1. The van der Waals surface area contributed by atoms with Gasteiger partial charge in [0.15, 0.2) is 0 Å². The van der Waals surface area contributed by atoms with E-state index >= 15 is 0 Å². The van der Waals surface area contributed by atoms with Crippen molar-refractivity contribution >= 4 is 34.5 Å². The van der Waals surface area contributed by atoms with Crippen molar-refractivity contribution in [1.29, 1.82) is 0 Å². The molecule has 1 aliphatic heterocycles. The average molecular weight is 458 g/mol. The van der Waals surface area contributed by atoms with E-state index in [0.717, 1.165) is 36.9 Å². The second-order valence-electron chi connectivity index (χ2n) is 7.21. The number of benzene rings is 2. The van der Waals surface area contributed by atoms with Crippen LogP contribution in [0.25, 0.3) is 0 Å². The number of aryl methyl sites for hydroxylation is 1. The number of anilines is 1. The van der Waals surface area contributed by atoms with E-state index in [-0.39, 0.29) is 5.91 Å². The first-order valence-corrected chi connectivity index (χ1v) is 11.3. The minimum absolute atomic E-state index is 0.120. The number of aromatic nitrogens is 1. The summed E-state index contributed by atoms with van der Waals surface area (Å²) in [7, 11) is 0. The third-order valence-electron chi connectivity index (χ3n) is 4.99. The molecule has 0 atom stereocenters. The van der Waals surface area contributed by atoms with Crippen molar-refractivity contribution in [2.24, 2.45) is 0 Å². The zero-order chi connectivity index (χ0) is 21.6. The monoisotopic (exact) mass is 457 g/mol. The minimum atomic E-state index is -0.120. The van der Waals surface area contributed by atoms with Crippen molar-refractivity contribution in [3.63, 3.8) is 0 Å². The summed E-state index contributed by atoms with van der Waals surface area (Å²) in [5, 5.41) is 4.41. The van der Waals surface area contributed by atoms with Crippen LogP contribution in [0, 0.1) is 6.92 Å². The van der Waals surface area contributed by atoms with Gasteiger partial charge >= 0.3 is 0 Å². The fraction of sp³-hybridized carbons (Fsp3) is 0.304. The number of carbonyl (C=O) groups is 1. The summed E-state index contributed by atoms with van der Waals surface area (Å²) in [5.41, 5.74) is 2.95. The summed E-state index contributed by atoms with van der Waals surface area (Å²) in [6, 6.07) is 15.5. The van der Waals surface area contributed by atoms with E-state index in [1.807, 2.05) is 6.92 Å². The number of carbonyl (C=O) groups excluding carboxylic acids is 1. The summed E-state index contributed by atoms with van der Waals surface area (Å²) in [6.45, 7) is 5.96. The molecule has 0 saturated carbocycles. The summed E-state index contributed by atoms with van der Waals surface area (Å²) in [6.07, 6.45) is 0. The Hall–Kier alpha value is -2.61. The van der Waals surface area contributed by atoms with Crippen molar-refractivity contribution in [1.82, 2.24) is 10.3 Å². The lowest BCUT2D eigenvalue weighted by Gasteiger charge is -2.28. The van der Waals surface area contributed by atoms with Gasteiger partial charge in [0.1, 0.15) is 22.2 Å². The molecule has 0 bridgehead atoms. The molecule has 1 aromatic heterocycles. The van der Waals surface area contributed by atoms with Gasteiger partial charge in [-0.15, -0.1) is 11.3 Å². The summed E-state index contributed by atoms with van der Waals surface area (Å²) in [4.78, 5) is 20.0. The van der Waals surface area contributed by atoms with Crippen molar-refractivity contribution in [2.75, 3.05) is 31.2 Å². The Kier molecular flexibility index (Phi) is 7.06. The maximum absolute atomic E-state index is 12.7. The highest BCUT2D eigenvalue weighted by atomic mass is 35.5. The van der Waals surface area contributed by atoms with E-state index in [0.29, 0.717) is 34.5 Å². The van der Waals surface area contributed by atoms with Crippen LogP contribution in [0.5, 0.6) is 5.75 Å². The Morgan fingerprint density at radius 3 is 2.58 bits per heavy atom. The number of nitrogens with one attached hydrogen (secondary N) is 1. The highest BCUT2D eigenvalue weighted by Gasteiger charge is 2.16. The fourth-order valence-electron chi connectivity index (χ4n) is 3.31. The van der Waals surface area contributed by atoms with Crippen molar-refractivity contribution in [3.8, 4) is 5.75 Å². The van der Waals surface area contributed by atoms with Crippen LogP contribution in [0.3, 0.4) is 0 Å². The third kappa shape index (κ3) is 5.76. The highest BCUT2D eigenvalue weighted by molar-refractivity contribution is 7.13. The Morgan fingerprint density at radius 2 is 1.87 bits per heavy atom. The average Bonchev–Trinajstić information content (AvgIpc) is 3.18. The number of rotatable bonds is 7. The SMILES string of the molecule is Cc1nc(COc2ccc(Cl)cc2)sc1C(=O)NCc1ccc(N2CCOCC2)cc1. The quantitative estimate of drug-likeness (QED) is 0.567. The molecule has 0 aliphatic carbocycles. The molecule has 2 heterocycles. The van der Waals surface area contributed by atoms with Crippen LogP contribution in [-0.2, 0) is 17.9 Å².